The van der Waals surface area contributed by atoms with Crippen LogP contribution in [-0.4, -0.2) is 20.9 Å². The van der Waals surface area contributed by atoms with Crippen molar-refractivity contribution in [1.82, 2.24) is 19.7 Å². The number of rotatable bonds is 4. The number of hydrogen-bond donors (Lipinski definition) is 1. The minimum absolute atomic E-state index is 0.768. The smallest absolute Gasteiger partial charge is 0.155 e. The van der Waals surface area contributed by atoms with E-state index in [4.69, 9.17) is 0 Å². The van der Waals surface area contributed by atoms with Crippen molar-refractivity contribution in [2.75, 3.05) is 6.54 Å². The number of imidazole rings is 1. The van der Waals surface area contributed by atoms with Crippen LogP contribution in [0.25, 0.3) is 5.65 Å². The SMILES string of the molecule is C=C(C)CNCc1cnc2cnc(Br)cn12. The predicted molar refractivity (Wildman–Crippen MR) is 67.2 cm³/mol. The maximum atomic E-state index is 4.27. The van der Waals surface area contributed by atoms with Gasteiger partial charge in [0.25, 0.3) is 0 Å². The molecular weight excluding hydrogens is 268 g/mol. The highest BCUT2D eigenvalue weighted by molar-refractivity contribution is 9.10. The lowest BCUT2D eigenvalue weighted by atomic mass is 10.3. The quantitative estimate of drug-likeness (QED) is 0.873. The Morgan fingerprint density at radius 1 is 1.50 bits per heavy atom. The summed E-state index contributed by atoms with van der Waals surface area (Å²) in [5.74, 6) is 0. The van der Waals surface area contributed by atoms with Gasteiger partial charge in [-0.1, -0.05) is 12.2 Å². The molecule has 2 aromatic heterocycles. The molecule has 0 radical (unpaired) electrons. The first-order valence-electron chi connectivity index (χ1n) is 4.99. The van der Waals surface area contributed by atoms with E-state index in [0.717, 1.165) is 34.6 Å². The van der Waals surface area contributed by atoms with Crippen LogP contribution in [0.2, 0.25) is 0 Å². The third-order valence-electron chi connectivity index (χ3n) is 2.17. The van der Waals surface area contributed by atoms with Crippen molar-refractivity contribution < 1.29 is 0 Å². The molecule has 0 aromatic carbocycles. The molecule has 0 unspecified atom stereocenters. The van der Waals surface area contributed by atoms with E-state index < -0.39 is 0 Å². The number of halogens is 1. The fourth-order valence-corrected chi connectivity index (χ4v) is 1.76. The van der Waals surface area contributed by atoms with Crippen molar-refractivity contribution in [3.63, 3.8) is 0 Å². The minimum Gasteiger partial charge on any atom is -0.307 e. The Kier molecular flexibility index (Phi) is 3.36. The van der Waals surface area contributed by atoms with Crippen molar-refractivity contribution in [2.45, 2.75) is 13.5 Å². The lowest BCUT2D eigenvalue weighted by molar-refractivity contribution is 0.717. The standard InChI is InChI=1S/C11H13BrN4/c1-8(2)3-13-4-9-5-15-11-6-14-10(12)7-16(9)11/h5-7,13H,1,3-4H2,2H3. The van der Waals surface area contributed by atoms with E-state index in [-0.39, 0.29) is 0 Å². The molecule has 2 rings (SSSR count). The Labute approximate surface area is 103 Å². The summed E-state index contributed by atoms with van der Waals surface area (Å²) < 4.78 is 2.82. The van der Waals surface area contributed by atoms with Crippen LogP contribution in [0.3, 0.4) is 0 Å². The van der Waals surface area contributed by atoms with Crippen LogP contribution in [0.15, 0.2) is 35.3 Å². The van der Waals surface area contributed by atoms with E-state index in [9.17, 15) is 0 Å². The van der Waals surface area contributed by atoms with Gasteiger partial charge in [-0.25, -0.2) is 9.97 Å². The highest BCUT2D eigenvalue weighted by Gasteiger charge is 2.03. The van der Waals surface area contributed by atoms with Crippen molar-refractivity contribution in [3.8, 4) is 0 Å². The number of nitrogens with one attached hydrogen (secondary N) is 1. The van der Waals surface area contributed by atoms with Crippen LogP contribution in [0.4, 0.5) is 0 Å². The van der Waals surface area contributed by atoms with Crippen LogP contribution < -0.4 is 5.32 Å². The van der Waals surface area contributed by atoms with Gasteiger partial charge in [0.15, 0.2) is 5.65 Å². The largest absolute Gasteiger partial charge is 0.307 e. The molecule has 2 aromatic rings. The van der Waals surface area contributed by atoms with Gasteiger partial charge in [0.1, 0.15) is 4.60 Å². The first-order chi connectivity index (χ1) is 7.66. The molecule has 0 aliphatic carbocycles. The molecule has 0 aliphatic heterocycles. The molecule has 2 heterocycles. The number of hydrogen-bond acceptors (Lipinski definition) is 3. The lowest BCUT2D eigenvalue weighted by Gasteiger charge is -2.04. The van der Waals surface area contributed by atoms with Crippen LogP contribution in [0, 0.1) is 0 Å². The Morgan fingerprint density at radius 2 is 2.31 bits per heavy atom. The van der Waals surface area contributed by atoms with Crippen LogP contribution in [-0.2, 0) is 6.54 Å². The topological polar surface area (TPSA) is 42.2 Å². The summed E-state index contributed by atoms with van der Waals surface area (Å²) in [7, 11) is 0. The monoisotopic (exact) mass is 280 g/mol. The fraction of sp³-hybridized carbons (Fsp3) is 0.273. The summed E-state index contributed by atoms with van der Waals surface area (Å²) in [5.41, 5.74) is 3.09. The maximum Gasteiger partial charge on any atom is 0.155 e. The van der Waals surface area contributed by atoms with Gasteiger partial charge in [0.2, 0.25) is 0 Å². The molecule has 84 valence electrons. The van der Waals surface area contributed by atoms with Gasteiger partial charge < -0.3 is 5.32 Å². The van der Waals surface area contributed by atoms with Crippen molar-refractivity contribution in [1.29, 1.82) is 0 Å². The molecule has 0 atom stereocenters. The summed E-state index contributed by atoms with van der Waals surface area (Å²) in [4.78, 5) is 8.40. The van der Waals surface area contributed by atoms with Crippen LogP contribution in [0.5, 0.6) is 0 Å². The molecule has 5 heteroatoms. The van der Waals surface area contributed by atoms with Gasteiger partial charge in [0, 0.05) is 19.3 Å². The van der Waals surface area contributed by atoms with Gasteiger partial charge in [-0.15, -0.1) is 0 Å². The number of fused-ring (bicyclic) bond motifs is 1. The molecule has 0 spiro atoms. The van der Waals surface area contributed by atoms with E-state index in [1.165, 1.54) is 0 Å². The Hall–Kier alpha value is -1.20. The summed E-state index contributed by atoms with van der Waals surface area (Å²) in [6, 6.07) is 0. The Morgan fingerprint density at radius 3 is 3.06 bits per heavy atom. The first-order valence-corrected chi connectivity index (χ1v) is 5.78. The maximum absolute atomic E-state index is 4.27. The molecule has 4 nitrogen and oxygen atoms in total. The second-order valence-electron chi connectivity index (χ2n) is 3.75. The second-order valence-corrected chi connectivity index (χ2v) is 4.56. The normalized spacial score (nSPS) is 10.9. The van der Waals surface area contributed by atoms with E-state index in [2.05, 4.69) is 37.8 Å². The number of nitrogens with zero attached hydrogens (tertiary/aromatic N) is 3. The molecule has 16 heavy (non-hydrogen) atoms. The third kappa shape index (κ3) is 2.48. The van der Waals surface area contributed by atoms with Gasteiger partial charge >= 0.3 is 0 Å². The molecule has 0 amide bonds. The second kappa shape index (κ2) is 4.76. The molecule has 0 saturated heterocycles. The lowest BCUT2D eigenvalue weighted by Crippen LogP contribution is -2.16. The Balaban J connectivity index is 2.17. The predicted octanol–water partition coefficient (Wildman–Crippen LogP) is 2.16. The van der Waals surface area contributed by atoms with Gasteiger partial charge in [-0.05, 0) is 22.9 Å². The number of aromatic nitrogens is 3. The molecule has 0 fully saturated rings. The van der Waals surface area contributed by atoms with Gasteiger partial charge in [-0.2, -0.15) is 0 Å². The molecule has 1 N–H and O–H groups in total. The summed E-state index contributed by atoms with van der Waals surface area (Å²) in [5, 5.41) is 3.30. The zero-order valence-corrected chi connectivity index (χ0v) is 10.7. The van der Waals surface area contributed by atoms with Crippen molar-refractivity contribution >= 4 is 21.6 Å². The fourth-order valence-electron chi connectivity index (χ4n) is 1.45. The van der Waals surface area contributed by atoms with E-state index >= 15 is 0 Å². The third-order valence-corrected chi connectivity index (χ3v) is 2.58. The van der Waals surface area contributed by atoms with E-state index in [1.54, 1.807) is 6.20 Å². The molecular formula is C11H13BrN4. The van der Waals surface area contributed by atoms with Crippen molar-refractivity contribution in [3.05, 3.63) is 41.0 Å². The van der Waals surface area contributed by atoms with Crippen molar-refractivity contribution in [2.24, 2.45) is 0 Å². The van der Waals surface area contributed by atoms with Gasteiger partial charge in [0.05, 0.1) is 18.1 Å². The molecule has 0 saturated carbocycles. The van der Waals surface area contributed by atoms with E-state index in [1.807, 2.05) is 23.7 Å². The average molecular weight is 281 g/mol. The zero-order valence-electron chi connectivity index (χ0n) is 9.07. The Bertz CT molecular complexity index is 518. The van der Waals surface area contributed by atoms with Gasteiger partial charge in [-0.3, -0.25) is 4.40 Å². The van der Waals surface area contributed by atoms with Crippen LogP contribution >= 0.6 is 15.9 Å². The molecule has 0 bridgehead atoms. The highest BCUT2D eigenvalue weighted by Crippen LogP contribution is 2.10. The zero-order chi connectivity index (χ0) is 11.5. The summed E-state index contributed by atoms with van der Waals surface area (Å²) in [6.07, 6.45) is 5.52. The highest BCUT2D eigenvalue weighted by atomic mass is 79.9. The molecule has 0 aliphatic rings. The average Bonchev–Trinajstić information content (AvgIpc) is 2.60. The van der Waals surface area contributed by atoms with Crippen LogP contribution in [0.1, 0.15) is 12.6 Å². The summed E-state index contributed by atoms with van der Waals surface area (Å²) in [6.45, 7) is 7.44. The summed E-state index contributed by atoms with van der Waals surface area (Å²) >= 11 is 3.35. The minimum atomic E-state index is 0.768. The first kappa shape index (κ1) is 11.3. The van der Waals surface area contributed by atoms with E-state index in [0.29, 0.717) is 0 Å².